The highest BCUT2D eigenvalue weighted by molar-refractivity contribution is 7.99. The molecule has 3 aromatic rings. The Balaban J connectivity index is 1.80. The average molecular weight is 413 g/mol. The van der Waals surface area contributed by atoms with E-state index in [0.29, 0.717) is 5.25 Å². The molecule has 0 atom stereocenters. The number of aliphatic hydroxyl groups excluding tert-OH is 1. The van der Waals surface area contributed by atoms with Gasteiger partial charge in [0, 0.05) is 23.1 Å². The van der Waals surface area contributed by atoms with Crippen LogP contribution in [0.2, 0.25) is 0 Å². The molecule has 0 saturated heterocycles. The molecule has 4 rings (SSSR count). The predicted molar refractivity (Wildman–Crippen MR) is 113 cm³/mol. The van der Waals surface area contributed by atoms with E-state index >= 15 is 0 Å². The van der Waals surface area contributed by atoms with Gasteiger partial charge in [0.1, 0.15) is 5.82 Å². The van der Waals surface area contributed by atoms with Gasteiger partial charge in [-0.3, -0.25) is 0 Å². The van der Waals surface area contributed by atoms with Crippen molar-refractivity contribution in [3.8, 4) is 22.6 Å². The molecule has 1 fully saturated rings. The summed E-state index contributed by atoms with van der Waals surface area (Å²) in [5.74, 6) is -0.270. The molecule has 1 aliphatic carbocycles. The minimum Gasteiger partial charge on any atom is -0.393 e. The smallest absolute Gasteiger partial charge is 0.188 e. The summed E-state index contributed by atoms with van der Waals surface area (Å²) in [6.45, 7) is 4.23. The molecule has 2 heterocycles. The molecule has 0 unspecified atom stereocenters. The van der Waals surface area contributed by atoms with E-state index < -0.39 is 0 Å². The van der Waals surface area contributed by atoms with E-state index in [1.54, 1.807) is 30.1 Å². The lowest BCUT2D eigenvalue weighted by Gasteiger charge is -2.28. The van der Waals surface area contributed by atoms with Crippen LogP contribution in [0, 0.1) is 5.82 Å². The number of nitrogens with zero attached hydrogens (tertiary/aromatic N) is 4. The molecule has 29 heavy (non-hydrogen) atoms. The minimum absolute atomic E-state index is 0.220. The molecular weight excluding hydrogens is 387 g/mol. The molecule has 1 saturated carbocycles. The molecule has 0 bridgehead atoms. The number of benzene rings is 1. The highest BCUT2D eigenvalue weighted by Crippen LogP contribution is 2.37. The van der Waals surface area contributed by atoms with Crippen LogP contribution in [-0.2, 0) is 0 Å². The van der Waals surface area contributed by atoms with Gasteiger partial charge in [-0.1, -0.05) is 25.6 Å². The number of hydrogen-bond acceptors (Lipinski definition) is 5. The quantitative estimate of drug-likeness (QED) is 0.465. The lowest BCUT2D eigenvalue weighted by Crippen LogP contribution is -2.21. The van der Waals surface area contributed by atoms with E-state index in [1.807, 2.05) is 12.4 Å². The molecule has 0 aliphatic heterocycles. The Bertz CT molecular complexity index is 965. The fraction of sp³-hybridized carbons (Fsp3) is 0.409. The lowest BCUT2D eigenvalue weighted by molar-refractivity contribution is 0.111. The number of aliphatic hydroxyl groups is 1. The van der Waals surface area contributed by atoms with Crippen LogP contribution in [0.1, 0.15) is 45.6 Å². The van der Waals surface area contributed by atoms with E-state index in [-0.39, 0.29) is 18.0 Å². The lowest BCUT2D eigenvalue weighted by atomic mass is 9.92. The molecular formula is C22H25FN4OS. The maximum Gasteiger partial charge on any atom is 0.188 e. The van der Waals surface area contributed by atoms with Crippen LogP contribution in [0.5, 0.6) is 0 Å². The molecule has 1 aromatic carbocycles. The normalized spacial score (nSPS) is 19.6. The largest absolute Gasteiger partial charge is 0.393 e. The summed E-state index contributed by atoms with van der Waals surface area (Å²) in [4.78, 5) is 13.9. The SMILES string of the molecule is CC(C)Sc1nccc(-c2c(-c3ccc(F)cc3)ncn2C2CCC(O)CC2)n1. The second-order valence-electron chi connectivity index (χ2n) is 7.71. The fourth-order valence-corrected chi connectivity index (χ4v) is 4.48. The summed E-state index contributed by atoms with van der Waals surface area (Å²) >= 11 is 1.62. The Morgan fingerprint density at radius 1 is 1.07 bits per heavy atom. The summed E-state index contributed by atoms with van der Waals surface area (Å²) in [5.41, 5.74) is 3.38. The monoisotopic (exact) mass is 412 g/mol. The van der Waals surface area contributed by atoms with E-state index in [4.69, 9.17) is 4.98 Å². The molecule has 0 radical (unpaired) electrons. The third-order valence-corrected chi connectivity index (χ3v) is 6.07. The van der Waals surface area contributed by atoms with Crippen molar-refractivity contribution in [2.75, 3.05) is 0 Å². The number of imidazole rings is 1. The Morgan fingerprint density at radius 3 is 2.48 bits per heavy atom. The van der Waals surface area contributed by atoms with Gasteiger partial charge in [0.15, 0.2) is 5.16 Å². The van der Waals surface area contributed by atoms with Gasteiger partial charge in [0.2, 0.25) is 0 Å². The third-order valence-electron chi connectivity index (χ3n) is 5.19. The van der Waals surface area contributed by atoms with E-state index in [0.717, 1.165) is 53.5 Å². The van der Waals surface area contributed by atoms with Gasteiger partial charge >= 0.3 is 0 Å². The summed E-state index contributed by atoms with van der Waals surface area (Å²) in [7, 11) is 0. The average Bonchev–Trinajstić information content (AvgIpc) is 3.14. The first-order chi connectivity index (χ1) is 14.0. The van der Waals surface area contributed by atoms with Gasteiger partial charge in [-0.25, -0.2) is 19.3 Å². The van der Waals surface area contributed by atoms with Gasteiger partial charge in [-0.15, -0.1) is 0 Å². The zero-order valence-electron chi connectivity index (χ0n) is 16.6. The standard InChI is InChI=1S/C22H25FN4OS/c1-14(2)29-22-24-12-11-19(26-22)21-20(15-3-5-16(23)6-4-15)25-13-27(21)17-7-9-18(28)10-8-17/h3-6,11-14,17-18,28H,7-10H2,1-2H3. The van der Waals surface area contributed by atoms with Crippen molar-refractivity contribution in [3.63, 3.8) is 0 Å². The summed E-state index contributed by atoms with van der Waals surface area (Å²) in [5, 5.41) is 11.0. The van der Waals surface area contributed by atoms with Crippen LogP contribution in [0.25, 0.3) is 22.6 Å². The number of halogens is 1. The molecule has 2 aromatic heterocycles. The van der Waals surface area contributed by atoms with Crippen LogP contribution >= 0.6 is 11.8 Å². The molecule has 152 valence electrons. The molecule has 0 amide bonds. The number of aromatic nitrogens is 4. The fourth-order valence-electron chi connectivity index (χ4n) is 3.79. The number of rotatable bonds is 5. The topological polar surface area (TPSA) is 63.8 Å². The molecule has 0 spiro atoms. The second kappa shape index (κ2) is 8.63. The number of hydrogen-bond donors (Lipinski definition) is 1. The highest BCUT2D eigenvalue weighted by atomic mass is 32.2. The first-order valence-electron chi connectivity index (χ1n) is 10.0. The minimum atomic E-state index is -0.270. The van der Waals surface area contributed by atoms with Crippen LogP contribution in [0.4, 0.5) is 4.39 Å². The van der Waals surface area contributed by atoms with E-state index in [2.05, 4.69) is 28.4 Å². The first kappa shape index (κ1) is 20.0. The van der Waals surface area contributed by atoms with Crippen molar-refractivity contribution in [1.82, 2.24) is 19.5 Å². The summed E-state index contributed by atoms with van der Waals surface area (Å²) in [6.07, 6.45) is 6.77. The van der Waals surface area contributed by atoms with Gasteiger partial charge in [0.05, 0.1) is 29.5 Å². The van der Waals surface area contributed by atoms with Gasteiger partial charge in [-0.2, -0.15) is 0 Å². The van der Waals surface area contributed by atoms with Crippen LogP contribution in [-0.4, -0.2) is 36.0 Å². The van der Waals surface area contributed by atoms with E-state index in [1.165, 1.54) is 12.1 Å². The molecule has 1 aliphatic rings. The van der Waals surface area contributed by atoms with Crippen molar-refractivity contribution in [2.45, 2.75) is 62.1 Å². The third kappa shape index (κ3) is 4.51. The Kier molecular flexibility index (Phi) is 5.96. The summed E-state index contributed by atoms with van der Waals surface area (Å²) in [6, 6.07) is 8.57. The Morgan fingerprint density at radius 2 is 1.79 bits per heavy atom. The maximum absolute atomic E-state index is 13.5. The zero-order valence-corrected chi connectivity index (χ0v) is 17.4. The van der Waals surface area contributed by atoms with Crippen LogP contribution in [0.3, 0.4) is 0 Å². The second-order valence-corrected chi connectivity index (χ2v) is 9.25. The van der Waals surface area contributed by atoms with Crippen molar-refractivity contribution in [2.24, 2.45) is 0 Å². The van der Waals surface area contributed by atoms with Crippen molar-refractivity contribution >= 4 is 11.8 Å². The van der Waals surface area contributed by atoms with Gasteiger partial charge in [-0.05, 0) is 56.0 Å². The molecule has 7 heteroatoms. The van der Waals surface area contributed by atoms with Crippen molar-refractivity contribution in [3.05, 3.63) is 48.7 Å². The number of thioether (sulfide) groups is 1. The Labute approximate surface area is 174 Å². The van der Waals surface area contributed by atoms with Crippen LogP contribution in [0.15, 0.2) is 48.0 Å². The summed E-state index contributed by atoms with van der Waals surface area (Å²) < 4.78 is 15.6. The van der Waals surface area contributed by atoms with Gasteiger partial charge < -0.3 is 9.67 Å². The Hall–Kier alpha value is -2.25. The van der Waals surface area contributed by atoms with Crippen LogP contribution < -0.4 is 0 Å². The van der Waals surface area contributed by atoms with Crippen molar-refractivity contribution < 1.29 is 9.50 Å². The maximum atomic E-state index is 13.5. The zero-order chi connectivity index (χ0) is 20.4. The first-order valence-corrected chi connectivity index (χ1v) is 10.9. The molecule has 5 nitrogen and oxygen atoms in total. The predicted octanol–water partition coefficient (Wildman–Crippen LogP) is 5.12. The molecule has 1 N–H and O–H groups in total. The van der Waals surface area contributed by atoms with Crippen molar-refractivity contribution in [1.29, 1.82) is 0 Å². The van der Waals surface area contributed by atoms with E-state index in [9.17, 15) is 9.50 Å². The van der Waals surface area contributed by atoms with Gasteiger partial charge in [0.25, 0.3) is 0 Å². The highest BCUT2D eigenvalue weighted by Gasteiger charge is 2.26.